The van der Waals surface area contributed by atoms with Crippen LogP contribution in [0.15, 0.2) is 23.1 Å². The summed E-state index contributed by atoms with van der Waals surface area (Å²) >= 11 is 6.52. The van der Waals surface area contributed by atoms with E-state index in [1.807, 2.05) is 13.8 Å². The van der Waals surface area contributed by atoms with Crippen LogP contribution in [0, 0.1) is 0 Å². The van der Waals surface area contributed by atoms with Crippen LogP contribution in [0.2, 0.25) is 0 Å². The van der Waals surface area contributed by atoms with Gasteiger partial charge in [0.15, 0.2) is 18.1 Å². The molecule has 1 amide bonds. The van der Waals surface area contributed by atoms with E-state index in [1.165, 1.54) is 11.8 Å². The van der Waals surface area contributed by atoms with Gasteiger partial charge in [-0.15, -0.1) is 0 Å². The molecule has 1 N–H and O–H groups in total. The molecule has 6 nitrogen and oxygen atoms in total. The zero-order valence-corrected chi connectivity index (χ0v) is 15.6. The molecule has 0 aromatic heterocycles. The Balaban J connectivity index is 2.24. The molecule has 0 aliphatic carbocycles. The summed E-state index contributed by atoms with van der Waals surface area (Å²) in [6.07, 6.45) is 2.59. The van der Waals surface area contributed by atoms with Crippen molar-refractivity contribution in [2.45, 2.75) is 20.3 Å². The fourth-order valence-electron chi connectivity index (χ4n) is 2.21. The first-order chi connectivity index (χ1) is 12.0. The summed E-state index contributed by atoms with van der Waals surface area (Å²) in [5, 5.41) is 8.73. The van der Waals surface area contributed by atoms with Crippen molar-refractivity contribution in [1.82, 2.24) is 4.90 Å². The van der Waals surface area contributed by atoms with Crippen LogP contribution in [0.25, 0.3) is 6.08 Å². The molecule has 2 rings (SSSR count). The lowest BCUT2D eigenvalue weighted by Crippen LogP contribution is -2.28. The number of carbonyl (C=O) groups excluding carboxylic acids is 1. The number of thiocarbonyl (C=S) groups is 1. The number of benzene rings is 1. The molecule has 0 spiro atoms. The molecule has 0 saturated carbocycles. The van der Waals surface area contributed by atoms with Crippen molar-refractivity contribution in [3.05, 3.63) is 28.7 Å². The first-order valence-corrected chi connectivity index (χ1v) is 9.05. The van der Waals surface area contributed by atoms with Gasteiger partial charge in [-0.05, 0) is 37.1 Å². The molecule has 134 valence electrons. The number of carboxylic acid groups (broad SMARTS) is 1. The van der Waals surface area contributed by atoms with E-state index in [9.17, 15) is 9.59 Å². The molecular weight excluding hydrogens is 362 g/mol. The molecule has 0 atom stereocenters. The number of ether oxygens (including phenoxy) is 2. The van der Waals surface area contributed by atoms with Crippen molar-refractivity contribution in [1.29, 1.82) is 0 Å². The lowest BCUT2D eigenvalue weighted by Gasteiger charge is -2.12. The van der Waals surface area contributed by atoms with Gasteiger partial charge in [-0.1, -0.05) is 37.0 Å². The van der Waals surface area contributed by atoms with Crippen molar-refractivity contribution >= 4 is 46.3 Å². The average Bonchev–Trinajstić information content (AvgIpc) is 2.82. The summed E-state index contributed by atoms with van der Waals surface area (Å²) in [6.45, 7) is 4.38. The van der Waals surface area contributed by atoms with Crippen LogP contribution in [-0.4, -0.2) is 46.0 Å². The van der Waals surface area contributed by atoms with E-state index in [0.29, 0.717) is 33.9 Å². The van der Waals surface area contributed by atoms with E-state index in [2.05, 4.69) is 0 Å². The van der Waals surface area contributed by atoms with Gasteiger partial charge in [0.05, 0.1) is 11.5 Å². The minimum atomic E-state index is -1.06. The molecule has 1 fully saturated rings. The standard InChI is InChI=1S/C17H19NO5S2/c1-3-7-18-16(21)14(25-17(18)24)9-11-5-6-12(23-10-15(19)20)13(8-11)22-4-2/h5-6,8-9H,3-4,7,10H2,1-2H3,(H,19,20)/b14-9-. The van der Waals surface area contributed by atoms with Gasteiger partial charge < -0.3 is 14.6 Å². The van der Waals surface area contributed by atoms with Crippen LogP contribution in [0.4, 0.5) is 0 Å². The summed E-state index contributed by atoms with van der Waals surface area (Å²) < 4.78 is 11.3. The molecule has 1 aromatic rings. The third-order valence-corrected chi connectivity index (χ3v) is 4.62. The highest BCUT2D eigenvalue weighted by atomic mass is 32.2. The van der Waals surface area contributed by atoms with Crippen molar-refractivity contribution in [2.75, 3.05) is 19.8 Å². The summed E-state index contributed by atoms with van der Waals surface area (Å²) in [7, 11) is 0. The minimum Gasteiger partial charge on any atom is -0.490 e. The molecular formula is C17H19NO5S2. The maximum absolute atomic E-state index is 12.4. The number of carboxylic acids is 1. The Kier molecular flexibility index (Phi) is 6.83. The van der Waals surface area contributed by atoms with Gasteiger partial charge in [0, 0.05) is 6.54 Å². The second-order valence-electron chi connectivity index (χ2n) is 5.15. The van der Waals surface area contributed by atoms with Gasteiger partial charge in [0.25, 0.3) is 5.91 Å². The number of hydrogen-bond donors (Lipinski definition) is 1. The van der Waals surface area contributed by atoms with Gasteiger partial charge in [0.1, 0.15) is 4.32 Å². The van der Waals surface area contributed by atoms with E-state index < -0.39 is 12.6 Å². The highest BCUT2D eigenvalue weighted by molar-refractivity contribution is 8.26. The largest absolute Gasteiger partial charge is 0.490 e. The number of amides is 1. The normalized spacial score (nSPS) is 15.8. The third-order valence-electron chi connectivity index (χ3n) is 3.24. The van der Waals surface area contributed by atoms with Crippen LogP contribution in [0.1, 0.15) is 25.8 Å². The molecule has 8 heteroatoms. The van der Waals surface area contributed by atoms with E-state index in [-0.39, 0.29) is 5.91 Å². The van der Waals surface area contributed by atoms with E-state index in [4.69, 9.17) is 26.8 Å². The average molecular weight is 381 g/mol. The minimum absolute atomic E-state index is 0.0963. The Morgan fingerprint density at radius 1 is 1.32 bits per heavy atom. The van der Waals surface area contributed by atoms with Crippen LogP contribution >= 0.6 is 24.0 Å². The highest BCUT2D eigenvalue weighted by Crippen LogP contribution is 2.34. The zero-order chi connectivity index (χ0) is 18.4. The topological polar surface area (TPSA) is 76.1 Å². The number of thioether (sulfide) groups is 1. The zero-order valence-electron chi connectivity index (χ0n) is 14.0. The predicted molar refractivity (Wildman–Crippen MR) is 101 cm³/mol. The summed E-state index contributed by atoms with van der Waals surface area (Å²) in [5.74, 6) is -0.381. The van der Waals surface area contributed by atoms with E-state index in [1.54, 1.807) is 29.2 Å². The van der Waals surface area contributed by atoms with Gasteiger partial charge >= 0.3 is 5.97 Å². The molecule has 0 unspecified atom stereocenters. The van der Waals surface area contributed by atoms with Crippen molar-refractivity contribution < 1.29 is 24.2 Å². The van der Waals surface area contributed by atoms with Crippen LogP contribution in [0.5, 0.6) is 11.5 Å². The Labute approximate surface area is 155 Å². The van der Waals surface area contributed by atoms with Gasteiger partial charge in [0.2, 0.25) is 0 Å². The number of aliphatic carboxylic acids is 1. The van der Waals surface area contributed by atoms with Gasteiger partial charge in [-0.3, -0.25) is 9.69 Å². The summed E-state index contributed by atoms with van der Waals surface area (Å²) in [4.78, 5) is 25.2. The summed E-state index contributed by atoms with van der Waals surface area (Å²) in [5.41, 5.74) is 0.753. The number of rotatable bonds is 8. The van der Waals surface area contributed by atoms with Crippen molar-refractivity contribution in [2.24, 2.45) is 0 Å². The lowest BCUT2D eigenvalue weighted by atomic mass is 10.2. The number of carbonyl (C=O) groups is 2. The molecule has 1 heterocycles. The fourth-order valence-corrected chi connectivity index (χ4v) is 3.52. The molecule has 0 bridgehead atoms. The van der Waals surface area contributed by atoms with Crippen molar-refractivity contribution in [3.63, 3.8) is 0 Å². The second kappa shape index (κ2) is 8.87. The lowest BCUT2D eigenvalue weighted by molar-refractivity contribution is -0.139. The fraction of sp³-hybridized carbons (Fsp3) is 0.353. The molecule has 1 saturated heterocycles. The maximum atomic E-state index is 12.4. The maximum Gasteiger partial charge on any atom is 0.341 e. The van der Waals surface area contributed by atoms with Gasteiger partial charge in [-0.25, -0.2) is 4.79 Å². The Bertz CT molecular complexity index is 717. The summed E-state index contributed by atoms with van der Waals surface area (Å²) in [6, 6.07) is 5.09. The van der Waals surface area contributed by atoms with Crippen molar-refractivity contribution in [3.8, 4) is 11.5 Å². The van der Waals surface area contributed by atoms with Crippen LogP contribution in [-0.2, 0) is 9.59 Å². The molecule has 1 aromatic carbocycles. The third kappa shape index (κ3) is 4.96. The van der Waals surface area contributed by atoms with Crippen LogP contribution < -0.4 is 9.47 Å². The first-order valence-electron chi connectivity index (χ1n) is 7.83. The molecule has 1 aliphatic heterocycles. The SMILES string of the molecule is CCCN1C(=O)/C(=C/c2ccc(OCC(=O)O)c(OCC)c2)SC1=S. The quantitative estimate of drug-likeness (QED) is 0.547. The van der Waals surface area contributed by atoms with Crippen LogP contribution in [0.3, 0.4) is 0 Å². The number of nitrogens with zero attached hydrogens (tertiary/aromatic N) is 1. The Hall–Kier alpha value is -2.06. The monoisotopic (exact) mass is 381 g/mol. The Morgan fingerprint density at radius 2 is 2.08 bits per heavy atom. The molecule has 1 aliphatic rings. The Morgan fingerprint density at radius 3 is 2.72 bits per heavy atom. The van der Waals surface area contributed by atoms with E-state index >= 15 is 0 Å². The smallest absolute Gasteiger partial charge is 0.341 e. The molecule has 25 heavy (non-hydrogen) atoms. The predicted octanol–water partition coefficient (Wildman–Crippen LogP) is 3.16. The van der Waals surface area contributed by atoms with Gasteiger partial charge in [-0.2, -0.15) is 0 Å². The highest BCUT2D eigenvalue weighted by Gasteiger charge is 2.31. The first kappa shape index (κ1) is 19.3. The second-order valence-corrected chi connectivity index (χ2v) is 6.83. The van der Waals surface area contributed by atoms with E-state index in [0.717, 1.165) is 12.0 Å². The molecule has 0 radical (unpaired) electrons. The number of hydrogen-bond acceptors (Lipinski definition) is 6.